The number of thiazole rings is 1. The van der Waals surface area contributed by atoms with E-state index in [0.29, 0.717) is 0 Å². The van der Waals surface area contributed by atoms with Crippen LogP contribution < -0.4 is 5.73 Å². The number of aromatic nitrogens is 1. The third-order valence-corrected chi connectivity index (χ3v) is 5.60. The first kappa shape index (κ1) is 14.2. The summed E-state index contributed by atoms with van der Waals surface area (Å²) >= 11 is 5.01. The quantitative estimate of drug-likeness (QED) is 0.838. The fourth-order valence-electron chi connectivity index (χ4n) is 2.72. The predicted octanol–water partition coefficient (Wildman–Crippen LogP) is 4.83. The van der Waals surface area contributed by atoms with Crippen LogP contribution in [-0.4, -0.2) is 4.98 Å². The number of halogens is 2. The van der Waals surface area contributed by atoms with Gasteiger partial charge in [-0.1, -0.05) is 19.3 Å². The predicted molar refractivity (Wildman–Crippen MR) is 84.2 cm³/mol. The van der Waals surface area contributed by atoms with Crippen molar-refractivity contribution in [3.05, 3.63) is 38.9 Å². The molecular formula is C15H16BrFN2S. The van der Waals surface area contributed by atoms with E-state index in [1.807, 2.05) is 5.38 Å². The molecule has 2 N–H and O–H groups in total. The fourth-order valence-corrected chi connectivity index (χ4v) is 4.27. The number of nitrogens with two attached hydrogens (primary N) is 1. The monoisotopic (exact) mass is 354 g/mol. The van der Waals surface area contributed by atoms with Crippen molar-refractivity contribution < 1.29 is 4.39 Å². The van der Waals surface area contributed by atoms with Crippen LogP contribution in [0.4, 0.5) is 4.39 Å². The van der Waals surface area contributed by atoms with Gasteiger partial charge in [-0.05, 0) is 47.0 Å². The molecule has 0 atom stereocenters. The summed E-state index contributed by atoms with van der Waals surface area (Å²) in [5, 5.41) is 3.01. The van der Waals surface area contributed by atoms with Gasteiger partial charge >= 0.3 is 0 Å². The summed E-state index contributed by atoms with van der Waals surface area (Å²) in [5.74, 6) is -0.251. The Morgan fingerprint density at radius 3 is 2.70 bits per heavy atom. The third-order valence-electron chi connectivity index (χ3n) is 3.88. The van der Waals surface area contributed by atoms with Crippen LogP contribution in [0, 0.1) is 5.82 Å². The first-order valence-corrected chi connectivity index (χ1v) is 8.46. The minimum atomic E-state index is -0.270. The van der Waals surface area contributed by atoms with Gasteiger partial charge in [0.05, 0.1) is 11.2 Å². The lowest BCUT2D eigenvalue weighted by Crippen LogP contribution is -2.38. The molecule has 0 unspecified atom stereocenters. The topological polar surface area (TPSA) is 38.9 Å². The van der Waals surface area contributed by atoms with Crippen LogP contribution in [0.3, 0.4) is 0 Å². The van der Waals surface area contributed by atoms with E-state index >= 15 is 0 Å². The van der Waals surface area contributed by atoms with Gasteiger partial charge in [0.1, 0.15) is 10.8 Å². The summed E-state index contributed by atoms with van der Waals surface area (Å²) in [6.07, 6.45) is 5.62. The number of hydrogen-bond acceptors (Lipinski definition) is 3. The first-order chi connectivity index (χ1) is 9.58. The van der Waals surface area contributed by atoms with Crippen molar-refractivity contribution in [1.82, 2.24) is 4.98 Å². The third kappa shape index (κ3) is 2.67. The second-order valence-electron chi connectivity index (χ2n) is 5.38. The Bertz CT molecular complexity index is 620. The van der Waals surface area contributed by atoms with Crippen LogP contribution in [-0.2, 0) is 5.54 Å². The van der Waals surface area contributed by atoms with Crippen molar-refractivity contribution in [3.8, 4) is 11.3 Å². The summed E-state index contributed by atoms with van der Waals surface area (Å²) in [5.41, 5.74) is 8.02. The lowest BCUT2D eigenvalue weighted by Gasteiger charge is -2.31. The Balaban J connectivity index is 1.93. The van der Waals surface area contributed by atoms with Gasteiger partial charge in [0.2, 0.25) is 0 Å². The molecule has 106 valence electrons. The molecule has 5 heteroatoms. The normalized spacial score (nSPS) is 18.1. The lowest BCUT2D eigenvalue weighted by atomic mass is 9.83. The van der Waals surface area contributed by atoms with Crippen molar-refractivity contribution in [2.24, 2.45) is 5.73 Å². The Hall–Kier alpha value is -0.780. The minimum Gasteiger partial charge on any atom is -0.319 e. The van der Waals surface area contributed by atoms with E-state index in [-0.39, 0.29) is 11.4 Å². The Kier molecular flexibility index (Phi) is 3.93. The molecule has 1 fully saturated rings. The molecule has 0 spiro atoms. The zero-order chi connectivity index (χ0) is 14.2. The van der Waals surface area contributed by atoms with Gasteiger partial charge in [0, 0.05) is 15.4 Å². The summed E-state index contributed by atoms with van der Waals surface area (Å²) in [6.45, 7) is 0. The van der Waals surface area contributed by atoms with Crippen molar-refractivity contribution in [2.45, 2.75) is 37.6 Å². The molecule has 0 saturated heterocycles. The molecule has 20 heavy (non-hydrogen) atoms. The van der Waals surface area contributed by atoms with E-state index in [4.69, 9.17) is 10.7 Å². The van der Waals surface area contributed by atoms with Crippen molar-refractivity contribution in [2.75, 3.05) is 0 Å². The molecule has 3 rings (SSSR count). The van der Waals surface area contributed by atoms with Crippen LogP contribution in [0.5, 0.6) is 0 Å². The Morgan fingerprint density at radius 1 is 1.25 bits per heavy atom. The van der Waals surface area contributed by atoms with E-state index in [1.54, 1.807) is 17.4 Å². The van der Waals surface area contributed by atoms with Crippen LogP contribution in [0.2, 0.25) is 0 Å². The number of rotatable bonds is 2. The van der Waals surface area contributed by atoms with Crippen molar-refractivity contribution in [3.63, 3.8) is 0 Å². The first-order valence-electron chi connectivity index (χ1n) is 6.79. The minimum absolute atomic E-state index is 0.251. The smallest absolute Gasteiger partial charge is 0.124 e. The van der Waals surface area contributed by atoms with Gasteiger partial charge < -0.3 is 5.73 Å². The van der Waals surface area contributed by atoms with Gasteiger partial charge in [0.15, 0.2) is 0 Å². The standard InChI is InChI=1S/C15H16BrFN2S/c16-12-8-10(17)4-5-11(12)13-9-20-14(19-13)15(18)6-2-1-3-7-15/h4-5,8-9H,1-3,6-7,18H2. The van der Waals surface area contributed by atoms with Crippen LogP contribution in [0.25, 0.3) is 11.3 Å². The molecule has 0 aliphatic heterocycles. The molecule has 1 aromatic carbocycles. The highest BCUT2D eigenvalue weighted by Crippen LogP contribution is 2.38. The van der Waals surface area contributed by atoms with Gasteiger partial charge in [-0.3, -0.25) is 0 Å². The maximum atomic E-state index is 13.2. The molecule has 1 aromatic heterocycles. The average molecular weight is 355 g/mol. The maximum Gasteiger partial charge on any atom is 0.124 e. The zero-order valence-corrected chi connectivity index (χ0v) is 13.4. The van der Waals surface area contributed by atoms with Crippen molar-refractivity contribution in [1.29, 1.82) is 0 Å². The molecule has 0 bridgehead atoms. The fraction of sp³-hybridized carbons (Fsp3) is 0.400. The Morgan fingerprint density at radius 2 is 2.00 bits per heavy atom. The van der Waals surface area contributed by atoms with E-state index in [2.05, 4.69) is 15.9 Å². The van der Waals surface area contributed by atoms with E-state index < -0.39 is 0 Å². The lowest BCUT2D eigenvalue weighted by molar-refractivity contribution is 0.301. The highest BCUT2D eigenvalue weighted by Gasteiger charge is 2.32. The molecule has 1 saturated carbocycles. The Labute approximate surface area is 130 Å². The van der Waals surface area contributed by atoms with E-state index in [0.717, 1.165) is 33.6 Å². The SMILES string of the molecule is NC1(c2nc(-c3ccc(F)cc3Br)cs2)CCCCC1. The molecule has 0 amide bonds. The zero-order valence-electron chi connectivity index (χ0n) is 11.0. The number of nitrogens with zero attached hydrogens (tertiary/aromatic N) is 1. The molecular weight excluding hydrogens is 339 g/mol. The number of hydrogen-bond donors (Lipinski definition) is 1. The van der Waals surface area contributed by atoms with Gasteiger partial charge in [-0.15, -0.1) is 11.3 Å². The second-order valence-corrected chi connectivity index (χ2v) is 7.09. The average Bonchev–Trinajstić information content (AvgIpc) is 2.90. The molecule has 2 nitrogen and oxygen atoms in total. The maximum absolute atomic E-state index is 13.2. The molecule has 1 heterocycles. The van der Waals surface area contributed by atoms with Gasteiger partial charge in [0.25, 0.3) is 0 Å². The molecule has 2 aromatic rings. The highest BCUT2D eigenvalue weighted by molar-refractivity contribution is 9.10. The number of benzene rings is 1. The van der Waals surface area contributed by atoms with Crippen molar-refractivity contribution >= 4 is 27.3 Å². The van der Waals surface area contributed by atoms with Crippen LogP contribution in [0.1, 0.15) is 37.1 Å². The van der Waals surface area contributed by atoms with Gasteiger partial charge in [-0.2, -0.15) is 0 Å². The molecule has 0 radical (unpaired) electrons. The highest BCUT2D eigenvalue weighted by atomic mass is 79.9. The van der Waals surface area contributed by atoms with E-state index in [9.17, 15) is 4.39 Å². The van der Waals surface area contributed by atoms with Crippen LogP contribution >= 0.6 is 27.3 Å². The summed E-state index contributed by atoms with van der Waals surface area (Å²) < 4.78 is 13.9. The summed E-state index contributed by atoms with van der Waals surface area (Å²) in [6, 6.07) is 4.67. The molecule has 1 aliphatic rings. The van der Waals surface area contributed by atoms with E-state index in [1.165, 1.54) is 31.4 Å². The largest absolute Gasteiger partial charge is 0.319 e. The summed E-state index contributed by atoms with van der Waals surface area (Å²) in [7, 11) is 0. The van der Waals surface area contributed by atoms with Gasteiger partial charge in [-0.25, -0.2) is 9.37 Å². The second kappa shape index (κ2) is 5.54. The molecule has 1 aliphatic carbocycles. The van der Waals surface area contributed by atoms with Crippen LogP contribution in [0.15, 0.2) is 28.1 Å². The summed E-state index contributed by atoms with van der Waals surface area (Å²) in [4.78, 5) is 4.71.